The van der Waals surface area contributed by atoms with Crippen LogP contribution in [0.3, 0.4) is 0 Å². The monoisotopic (exact) mass is 429 g/mol. The first-order valence-corrected chi connectivity index (χ1v) is 11.3. The van der Waals surface area contributed by atoms with Crippen LogP contribution in [0.15, 0.2) is 60.9 Å². The van der Waals surface area contributed by atoms with E-state index in [1.54, 1.807) is 6.20 Å². The normalized spacial score (nSPS) is 20.8. The van der Waals surface area contributed by atoms with Crippen molar-refractivity contribution in [1.29, 1.82) is 0 Å². The number of benzene rings is 1. The van der Waals surface area contributed by atoms with Gasteiger partial charge in [0.25, 0.3) is 5.91 Å². The molecular weight excluding hydrogens is 402 g/mol. The van der Waals surface area contributed by atoms with Gasteiger partial charge in [-0.1, -0.05) is 18.2 Å². The highest BCUT2D eigenvalue weighted by Gasteiger charge is 2.33. The van der Waals surface area contributed by atoms with Crippen molar-refractivity contribution >= 4 is 17.4 Å². The fourth-order valence-electron chi connectivity index (χ4n) is 4.41. The number of anilines is 2. The molecule has 1 aromatic carbocycles. The molecule has 2 aliphatic heterocycles. The van der Waals surface area contributed by atoms with E-state index in [1.165, 1.54) is 0 Å². The van der Waals surface area contributed by atoms with Crippen LogP contribution in [0.1, 0.15) is 37.4 Å². The van der Waals surface area contributed by atoms with E-state index in [0.717, 1.165) is 60.8 Å². The molecule has 1 N–H and O–H groups in total. The lowest BCUT2D eigenvalue weighted by atomic mass is 9.96. The number of pyridine rings is 1. The lowest BCUT2D eigenvalue weighted by molar-refractivity contribution is -0.142. The first kappa shape index (κ1) is 20.6. The molecule has 2 aliphatic rings. The number of hydrogen-bond donors (Lipinski definition) is 1. The second-order valence-corrected chi connectivity index (χ2v) is 8.35. The third kappa shape index (κ3) is 4.62. The fraction of sp³-hybridized carbons (Fsp3) is 0.360. The highest BCUT2D eigenvalue weighted by Crippen LogP contribution is 2.30. The van der Waals surface area contributed by atoms with Gasteiger partial charge in [0.05, 0.1) is 5.69 Å². The number of para-hydroxylation sites is 1. The lowest BCUT2D eigenvalue weighted by Gasteiger charge is -2.33. The number of nitrogens with zero attached hydrogens (tertiary/aromatic N) is 4. The summed E-state index contributed by atoms with van der Waals surface area (Å²) in [6.07, 6.45) is 6.95. The fourth-order valence-corrected chi connectivity index (χ4v) is 4.41. The van der Waals surface area contributed by atoms with Gasteiger partial charge in [0, 0.05) is 55.3 Å². The predicted molar refractivity (Wildman–Crippen MR) is 123 cm³/mol. The summed E-state index contributed by atoms with van der Waals surface area (Å²) in [7, 11) is 0. The minimum absolute atomic E-state index is 0.0852. The first-order chi connectivity index (χ1) is 15.8. The Kier molecular flexibility index (Phi) is 6.07. The van der Waals surface area contributed by atoms with Crippen LogP contribution >= 0.6 is 0 Å². The standard InChI is InChI=1S/C25H27N5O2/c31-25(22-11-6-14-32-22)30-13-5-8-19(17-30)24-28-21(18-7-4-12-26-16-18)15-23(29-24)27-20-9-2-1-3-10-20/h1-4,7,9-10,12,15-16,19,22H,5-6,8,11,13-14,17H2,(H,27,28,29)/t19-,22-/m1/s1. The molecule has 3 aromatic rings. The molecule has 0 unspecified atom stereocenters. The number of likely N-dealkylation sites (tertiary alicyclic amines) is 1. The Morgan fingerprint density at radius 1 is 1.06 bits per heavy atom. The molecular formula is C25H27N5O2. The van der Waals surface area contributed by atoms with Crippen LogP contribution < -0.4 is 5.32 Å². The lowest BCUT2D eigenvalue weighted by Crippen LogP contribution is -2.44. The first-order valence-electron chi connectivity index (χ1n) is 11.3. The Morgan fingerprint density at radius 2 is 1.97 bits per heavy atom. The molecule has 32 heavy (non-hydrogen) atoms. The van der Waals surface area contributed by atoms with Crippen molar-refractivity contribution in [3.63, 3.8) is 0 Å². The van der Waals surface area contributed by atoms with Gasteiger partial charge < -0.3 is 15.0 Å². The van der Waals surface area contributed by atoms with Crippen molar-refractivity contribution in [3.8, 4) is 11.3 Å². The molecule has 2 saturated heterocycles. The molecule has 0 radical (unpaired) electrons. The highest BCUT2D eigenvalue weighted by atomic mass is 16.5. The Morgan fingerprint density at radius 3 is 2.75 bits per heavy atom. The molecule has 0 saturated carbocycles. The number of nitrogens with one attached hydrogen (secondary N) is 1. The van der Waals surface area contributed by atoms with Crippen molar-refractivity contribution in [3.05, 3.63) is 66.7 Å². The maximum absolute atomic E-state index is 12.9. The van der Waals surface area contributed by atoms with E-state index in [4.69, 9.17) is 14.7 Å². The van der Waals surface area contributed by atoms with Gasteiger partial charge in [0.2, 0.25) is 0 Å². The van der Waals surface area contributed by atoms with E-state index in [2.05, 4.69) is 10.3 Å². The molecule has 7 nitrogen and oxygen atoms in total. The molecule has 7 heteroatoms. The van der Waals surface area contributed by atoms with Crippen molar-refractivity contribution in [2.75, 3.05) is 25.0 Å². The highest BCUT2D eigenvalue weighted by molar-refractivity contribution is 5.81. The summed E-state index contributed by atoms with van der Waals surface area (Å²) < 4.78 is 5.63. The van der Waals surface area contributed by atoms with Crippen LogP contribution in [-0.2, 0) is 9.53 Å². The minimum Gasteiger partial charge on any atom is -0.368 e. The third-order valence-electron chi connectivity index (χ3n) is 6.05. The van der Waals surface area contributed by atoms with Gasteiger partial charge in [0.1, 0.15) is 17.7 Å². The Labute approximate surface area is 187 Å². The second-order valence-electron chi connectivity index (χ2n) is 8.35. The molecule has 2 atom stereocenters. The number of amides is 1. The maximum Gasteiger partial charge on any atom is 0.251 e. The number of carbonyl (C=O) groups is 1. The summed E-state index contributed by atoms with van der Waals surface area (Å²) in [4.78, 5) is 28.9. The molecule has 4 heterocycles. The molecule has 5 rings (SSSR count). The predicted octanol–water partition coefficient (Wildman–Crippen LogP) is 4.17. The van der Waals surface area contributed by atoms with Crippen molar-refractivity contribution in [2.45, 2.75) is 37.7 Å². The maximum atomic E-state index is 12.9. The van der Waals surface area contributed by atoms with Gasteiger partial charge in [-0.3, -0.25) is 9.78 Å². The van der Waals surface area contributed by atoms with E-state index >= 15 is 0 Å². The molecule has 1 amide bonds. The number of ether oxygens (including phenoxy) is 1. The minimum atomic E-state index is -0.285. The molecule has 0 spiro atoms. The van der Waals surface area contributed by atoms with Gasteiger partial charge >= 0.3 is 0 Å². The van der Waals surface area contributed by atoms with Crippen LogP contribution in [0.25, 0.3) is 11.3 Å². The van der Waals surface area contributed by atoms with Gasteiger partial charge in [0.15, 0.2) is 0 Å². The summed E-state index contributed by atoms with van der Waals surface area (Å²) in [6, 6.07) is 15.8. The number of piperidine rings is 1. The van der Waals surface area contributed by atoms with Crippen molar-refractivity contribution in [2.24, 2.45) is 0 Å². The van der Waals surface area contributed by atoms with Crippen LogP contribution in [0.5, 0.6) is 0 Å². The third-order valence-corrected chi connectivity index (χ3v) is 6.05. The van der Waals surface area contributed by atoms with Crippen LogP contribution in [-0.4, -0.2) is 51.6 Å². The van der Waals surface area contributed by atoms with E-state index in [9.17, 15) is 4.79 Å². The van der Waals surface area contributed by atoms with Gasteiger partial charge in [-0.05, 0) is 49.9 Å². The van der Waals surface area contributed by atoms with E-state index in [0.29, 0.717) is 13.2 Å². The summed E-state index contributed by atoms with van der Waals surface area (Å²) in [5.74, 6) is 1.69. The van der Waals surface area contributed by atoms with E-state index in [1.807, 2.05) is 59.6 Å². The second kappa shape index (κ2) is 9.44. The quantitative estimate of drug-likeness (QED) is 0.656. The average molecular weight is 430 g/mol. The number of rotatable bonds is 5. The largest absolute Gasteiger partial charge is 0.368 e. The zero-order valence-corrected chi connectivity index (χ0v) is 18.0. The smallest absolute Gasteiger partial charge is 0.251 e. The topological polar surface area (TPSA) is 80.2 Å². The van der Waals surface area contributed by atoms with Crippen LogP contribution in [0.2, 0.25) is 0 Å². The number of hydrogen-bond acceptors (Lipinski definition) is 6. The van der Waals surface area contributed by atoms with E-state index in [-0.39, 0.29) is 17.9 Å². The summed E-state index contributed by atoms with van der Waals surface area (Å²) in [5, 5.41) is 3.40. The summed E-state index contributed by atoms with van der Waals surface area (Å²) in [5.41, 5.74) is 2.73. The van der Waals surface area contributed by atoms with Crippen LogP contribution in [0, 0.1) is 0 Å². The number of carbonyl (C=O) groups excluding carboxylic acids is 1. The molecule has 2 aromatic heterocycles. The molecule has 0 bridgehead atoms. The zero-order chi connectivity index (χ0) is 21.8. The van der Waals surface area contributed by atoms with Gasteiger partial charge in [-0.2, -0.15) is 0 Å². The zero-order valence-electron chi connectivity index (χ0n) is 18.0. The Balaban J connectivity index is 1.44. The summed E-state index contributed by atoms with van der Waals surface area (Å²) in [6.45, 7) is 2.07. The van der Waals surface area contributed by atoms with Gasteiger partial charge in [-0.25, -0.2) is 9.97 Å². The van der Waals surface area contributed by atoms with Crippen molar-refractivity contribution < 1.29 is 9.53 Å². The number of aromatic nitrogens is 3. The Bertz CT molecular complexity index is 1050. The van der Waals surface area contributed by atoms with Crippen LogP contribution in [0.4, 0.5) is 11.5 Å². The molecule has 164 valence electrons. The Hall–Kier alpha value is -3.32. The molecule has 2 fully saturated rings. The van der Waals surface area contributed by atoms with Gasteiger partial charge in [-0.15, -0.1) is 0 Å². The van der Waals surface area contributed by atoms with E-state index < -0.39 is 0 Å². The molecule has 0 aliphatic carbocycles. The summed E-state index contributed by atoms with van der Waals surface area (Å²) >= 11 is 0. The van der Waals surface area contributed by atoms with Crippen molar-refractivity contribution in [1.82, 2.24) is 19.9 Å². The SMILES string of the molecule is O=C([C@H]1CCCO1)N1CCC[C@@H](c2nc(Nc3ccccc3)cc(-c3cccnc3)n2)C1. The average Bonchev–Trinajstić information content (AvgIpc) is 3.40.